The number of rotatable bonds is 7. The number of halogens is 1. The highest BCUT2D eigenvalue weighted by Crippen LogP contribution is 2.16. The summed E-state index contributed by atoms with van der Waals surface area (Å²) in [6, 6.07) is 7.36. The zero-order valence-corrected chi connectivity index (χ0v) is 14.1. The van der Waals surface area contributed by atoms with Gasteiger partial charge in [0.2, 0.25) is 0 Å². The Morgan fingerprint density at radius 3 is 2.40 bits per heavy atom. The summed E-state index contributed by atoms with van der Waals surface area (Å²) >= 11 is 3.32. The van der Waals surface area contributed by atoms with Crippen molar-refractivity contribution in [3.05, 3.63) is 28.7 Å². The first-order chi connectivity index (χ1) is 9.53. The lowest BCUT2D eigenvalue weighted by Crippen LogP contribution is -2.58. The van der Waals surface area contributed by atoms with E-state index in [1.54, 1.807) is 24.3 Å². The van der Waals surface area contributed by atoms with Gasteiger partial charge in [-0.1, -0.05) is 22.9 Å². The van der Waals surface area contributed by atoms with Crippen LogP contribution >= 0.6 is 15.9 Å². The van der Waals surface area contributed by atoms with Gasteiger partial charge in [-0.2, -0.15) is 0 Å². The Hall–Kier alpha value is -0.430. The molecular formula is C14H21BrN2O2S. The molecule has 1 fully saturated rings. The number of sulfone groups is 1. The summed E-state index contributed by atoms with van der Waals surface area (Å²) in [5.74, 6) is 0.186. The second kappa shape index (κ2) is 7.02. The Morgan fingerprint density at radius 2 is 1.90 bits per heavy atom. The highest BCUT2D eigenvalue weighted by molar-refractivity contribution is 9.10. The average Bonchev–Trinajstić information content (AvgIpc) is 2.35. The maximum absolute atomic E-state index is 12.3. The van der Waals surface area contributed by atoms with Crippen LogP contribution in [0.4, 0.5) is 0 Å². The zero-order chi connectivity index (χ0) is 14.6. The smallest absolute Gasteiger partial charge is 0.179 e. The van der Waals surface area contributed by atoms with Crippen molar-refractivity contribution in [1.29, 1.82) is 0 Å². The highest BCUT2D eigenvalue weighted by atomic mass is 79.9. The molecule has 20 heavy (non-hydrogen) atoms. The summed E-state index contributed by atoms with van der Waals surface area (Å²) < 4.78 is 25.5. The van der Waals surface area contributed by atoms with Crippen molar-refractivity contribution in [3.63, 3.8) is 0 Å². The summed E-state index contributed by atoms with van der Waals surface area (Å²) in [5.41, 5.74) is 0. The van der Waals surface area contributed by atoms with E-state index < -0.39 is 9.84 Å². The van der Waals surface area contributed by atoms with Gasteiger partial charge in [0.25, 0.3) is 0 Å². The van der Waals surface area contributed by atoms with Crippen molar-refractivity contribution in [2.24, 2.45) is 0 Å². The third-order valence-electron chi connectivity index (χ3n) is 3.61. The van der Waals surface area contributed by atoms with Crippen LogP contribution < -0.4 is 5.32 Å². The number of hydrogen-bond donors (Lipinski definition) is 1. The van der Waals surface area contributed by atoms with Crippen molar-refractivity contribution in [2.75, 3.05) is 31.9 Å². The van der Waals surface area contributed by atoms with Gasteiger partial charge in [-0.25, -0.2) is 8.42 Å². The molecule has 1 aliphatic heterocycles. The summed E-state index contributed by atoms with van der Waals surface area (Å²) in [7, 11) is -3.19. The number of nitrogens with zero attached hydrogens (tertiary/aromatic N) is 1. The Morgan fingerprint density at radius 1 is 1.25 bits per heavy atom. The molecule has 0 atom stereocenters. The molecule has 112 valence electrons. The average molecular weight is 361 g/mol. The standard InChI is InChI=1S/C14H21BrN2O2S/c1-2-7-17(13-10-16-11-13)8-9-20(18,19)14-5-3-12(15)4-6-14/h3-6,13,16H,2,7-11H2,1H3. The van der Waals surface area contributed by atoms with Crippen LogP contribution in [0.2, 0.25) is 0 Å². The molecule has 1 N–H and O–H groups in total. The topological polar surface area (TPSA) is 49.4 Å². The van der Waals surface area contributed by atoms with Crippen molar-refractivity contribution in [1.82, 2.24) is 10.2 Å². The molecule has 0 spiro atoms. The summed E-state index contributed by atoms with van der Waals surface area (Å²) in [5, 5.41) is 3.24. The van der Waals surface area contributed by atoms with E-state index in [1.807, 2.05) is 0 Å². The van der Waals surface area contributed by atoms with Crippen molar-refractivity contribution in [2.45, 2.75) is 24.3 Å². The van der Waals surface area contributed by atoms with Gasteiger partial charge < -0.3 is 5.32 Å². The number of hydrogen-bond acceptors (Lipinski definition) is 4. The minimum atomic E-state index is -3.19. The van der Waals surface area contributed by atoms with E-state index in [9.17, 15) is 8.42 Å². The summed E-state index contributed by atoms with van der Waals surface area (Å²) in [4.78, 5) is 2.69. The fourth-order valence-corrected chi connectivity index (χ4v) is 3.82. The van der Waals surface area contributed by atoms with Crippen LogP contribution in [-0.4, -0.2) is 51.3 Å². The van der Waals surface area contributed by atoms with Gasteiger partial charge in [0, 0.05) is 30.1 Å². The fraction of sp³-hybridized carbons (Fsp3) is 0.571. The van der Waals surface area contributed by atoms with Crippen molar-refractivity contribution < 1.29 is 8.42 Å². The van der Waals surface area contributed by atoms with Gasteiger partial charge in [0.05, 0.1) is 10.6 Å². The van der Waals surface area contributed by atoms with Crippen molar-refractivity contribution >= 4 is 25.8 Å². The molecule has 1 saturated heterocycles. The van der Waals surface area contributed by atoms with Crippen LogP contribution in [0.15, 0.2) is 33.6 Å². The van der Waals surface area contributed by atoms with Crippen molar-refractivity contribution in [3.8, 4) is 0 Å². The first-order valence-electron chi connectivity index (χ1n) is 6.96. The van der Waals surface area contributed by atoms with E-state index in [4.69, 9.17) is 0 Å². The lowest BCUT2D eigenvalue weighted by molar-refractivity contribution is 0.154. The second-order valence-electron chi connectivity index (χ2n) is 5.12. The molecular weight excluding hydrogens is 340 g/mol. The van der Waals surface area contributed by atoms with Crippen LogP contribution in [-0.2, 0) is 9.84 Å². The molecule has 4 nitrogen and oxygen atoms in total. The van der Waals surface area contributed by atoms with E-state index in [0.717, 1.165) is 30.5 Å². The predicted octanol–water partition coefficient (Wildman–Crippen LogP) is 1.91. The zero-order valence-electron chi connectivity index (χ0n) is 11.7. The minimum Gasteiger partial charge on any atom is -0.314 e. The third kappa shape index (κ3) is 4.04. The monoisotopic (exact) mass is 360 g/mol. The van der Waals surface area contributed by atoms with E-state index in [2.05, 4.69) is 33.1 Å². The highest BCUT2D eigenvalue weighted by Gasteiger charge is 2.25. The Labute approximate surface area is 129 Å². The number of nitrogens with one attached hydrogen (secondary N) is 1. The SMILES string of the molecule is CCCN(CCS(=O)(=O)c1ccc(Br)cc1)C1CNC1. The molecule has 0 aromatic heterocycles. The van der Waals surface area contributed by atoms with Crippen LogP contribution in [0.25, 0.3) is 0 Å². The molecule has 0 bridgehead atoms. The van der Waals surface area contributed by atoms with Crippen LogP contribution in [0.5, 0.6) is 0 Å². The Kier molecular flexibility index (Phi) is 5.60. The summed E-state index contributed by atoms with van der Waals surface area (Å²) in [6.45, 7) is 5.64. The molecule has 6 heteroatoms. The maximum Gasteiger partial charge on any atom is 0.179 e. The molecule has 1 aromatic carbocycles. The van der Waals surface area contributed by atoms with Gasteiger partial charge in [-0.15, -0.1) is 0 Å². The minimum absolute atomic E-state index is 0.186. The lowest BCUT2D eigenvalue weighted by atomic mass is 10.1. The van der Waals surface area contributed by atoms with Crippen LogP contribution in [0.1, 0.15) is 13.3 Å². The van der Waals surface area contributed by atoms with Gasteiger partial charge in [-0.3, -0.25) is 4.90 Å². The quantitative estimate of drug-likeness (QED) is 0.806. The Balaban J connectivity index is 1.98. The fourth-order valence-electron chi connectivity index (χ4n) is 2.29. The molecule has 0 amide bonds. The molecule has 2 rings (SSSR count). The van der Waals surface area contributed by atoms with Gasteiger partial charge >= 0.3 is 0 Å². The molecule has 0 saturated carbocycles. The predicted molar refractivity (Wildman–Crippen MR) is 84.7 cm³/mol. The first kappa shape index (κ1) is 15.9. The van der Waals surface area contributed by atoms with Gasteiger partial charge in [-0.05, 0) is 37.2 Å². The summed E-state index contributed by atoms with van der Waals surface area (Å²) in [6.07, 6.45) is 1.05. The normalized spacial score (nSPS) is 16.4. The molecule has 1 aromatic rings. The molecule has 0 radical (unpaired) electrons. The molecule has 0 unspecified atom stereocenters. The largest absolute Gasteiger partial charge is 0.314 e. The van der Waals surface area contributed by atoms with Gasteiger partial charge in [0.1, 0.15) is 0 Å². The van der Waals surface area contributed by atoms with E-state index in [0.29, 0.717) is 17.5 Å². The van der Waals surface area contributed by atoms with Gasteiger partial charge in [0.15, 0.2) is 9.84 Å². The Bertz CT molecular complexity index is 527. The third-order valence-corrected chi connectivity index (χ3v) is 5.85. The van der Waals surface area contributed by atoms with E-state index >= 15 is 0 Å². The maximum atomic E-state index is 12.3. The van der Waals surface area contributed by atoms with Crippen LogP contribution in [0.3, 0.4) is 0 Å². The van der Waals surface area contributed by atoms with Crippen LogP contribution in [0, 0.1) is 0 Å². The molecule has 1 heterocycles. The molecule has 1 aliphatic rings. The van der Waals surface area contributed by atoms with E-state index in [-0.39, 0.29) is 5.75 Å². The van der Waals surface area contributed by atoms with E-state index in [1.165, 1.54) is 0 Å². The molecule has 0 aliphatic carbocycles. The lowest BCUT2D eigenvalue weighted by Gasteiger charge is -2.38. The second-order valence-corrected chi connectivity index (χ2v) is 8.15. The number of benzene rings is 1. The first-order valence-corrected chi connectivity index (χ1v) is 9.40.